The summed E-state index contributed by atoms with van der Waals surface area (Å²) in [5, 5.41) is 4.99. The Morgan fingerprint density at radius 1 is 1.57 bits per heavy atom. The molecule has 0 amide bonds. The van der Waals surface area contributed by atoms with E-state index in [-0.39, 0.29) is 17.1 Å². The highest BCUT2D eigenvalue weighted by Crippen LogP contribution is 2.20. The van der Waals surface area contributed by atoms with Crippen LogP contribution in [0.1, 0.15) is 0 Å². The van der Waals surface area contributed by atoms with Crippen LogP contribution in [-0.4, -0.2) is 33.4 Å². The minimum atomic E-state index is -3.63. The molecule has 1 heterocycles. The van der Waals surface area contributed by atoms with Crippen molar-refractivity contribution in [2.45, 2.75) is 12.1 Å². The van der Waals surface area contributed by atoms with Crippen LogP contribution < -0.4 is 5.14 Å². The first-order chi connectivity index (χ1) is 6.57. The molecule has 0 saturated heterocycles. The summed E-state index contributed by atoms with van der Waals surface area (Å²) in [6, 6.07) is -0.262. The molecular weight excluding hydrogens is 204 g/mol. The highest BCUT2D eigenvalue weighted by atomic mass is 32.2. The summed E-state index contributed by atoms with van der Waals surface area (Å²) in [5.74, 6) is 0. The number of allylic oxidation sites excluding steroid dienone is 1. The molecule has 2 N–H and O–H groups in total. The van der Waals surface area contributed by atoms with E-state index >= 15 is 0 Å². The third kappa shape index (κ3) is 1.77. The molecule has 0 saturated carbocycles. The van der Waals surface area contributed by atoms with Gasteiger partial charge in [-0.1, -0.05) is 6.08 Å². The molecule has 1 aliphatic carbocycles. The van der Waals surface area contributed by atoms with E-state index < -0.39 is 10.0 Å². The quantitative estimate of drug-likeness (QED) is 0.642. The molecule has 2 aliphatic rings. The zero-order valence-electron chi connectivity index (χ0n) is 7.33. The number of nitrogens with zero attached hydrogens (tertiary/aromatic N) is 1. The smallest absolute Gasteiger partial charge is 0.237 e. The lowest BCUT2D eigenvalue weighted by molar-refractivity contribution is 0.0997. The number of fused-ring (bicyclic) bond motifs is 1. The van der Waals surface area contributed by atoms with Gasteiger partial charge in [0.1, 0.15) is 6.10 Å². The molecule has 0 bridgehead atoms. The number of primary sulfonamides is 1. The molecule has 76 valence electrons. The number of sulfonamides is 1. The van der Waals surface area contributed by atoms with Crippen molar-refractivity contribution in [1.82, 2.24) is 0 Å². The Labute approximate surface area is 82.0 Å². The van der Waals surface area contributed by atoms with Crippen LogP contribution >= 0.6 is 0 Å². The van der Waals surface area contributed by atoms with E-state index in [1.165, 1.54) is 12.2 Å². The molecule has 6 heteroatoms. The lowest BCUT2D eigenvalue weighted by atomic mass is 10.1. The molecule has 0 spiro atoms. The van der Waals surface area contributed by atoms with Crippen molar-refractivity contribution in [2.75, 3.05) is 6.61 Å². The Hall–Kier alpha value is -0.980. The highest BCUT2D eigenvalue weighted by molar-refractivity contribution is 7.93. The zero-order chi connectivity index (χ0) is 10.2. The van der Waals surface area contributed by atoms with E-state index in [1.807, 2.05) is 0 Å². The van der Waals surface area contributed by atoms with Gasteiger partial charge in [0.15, 0.2) is 0 Å². The molecule has 0 radical (unpaired) electrons. The summed E-state index contributed by atoms with van der Waals surface area (Å²) >= 11 is 0. The van der Waals surface area contributed by atoms with Crippen LogP contribution in [0.4, 0.5) is 0 Å². The molecule has 14 heavy (non-hydrogen) atoms. The molecule has 0 aromatic rings. The summed E-state index contributed by atoms with van der Waals surface area (Å²) < 4.78 is 27.4. The number of nitrogens with two attached hydrogens (primary N) is 1. The van der Waals surface area contributed by atoms with Gasteiger partial charge in [-0.05, 0) is 12.2 Å². The average molecular weight is 214 g/mol. The standard InChI is InChI=1S/C8H10N2O3S/c9-14(11,12)6-1-2-8-7(5-6)10-3-4-13-8/h1-3,5,7-8H,4H2,(H2,9,11,12). The Balaban J connectivity index is 2.33. The summed E-state index contributed by atoms with van der Waals surface area (Å²) in [6.07, 6.45) is 6.09. The molecular formula is C8H10N2O3S. The van der Waals surface area contributed by atoms with Gasteiger partial charge in [0.25, 0.3) is 0 Å². The molecule has 2 atom stereocenters. The van der Waals surface area contributed by atoms with Crippen molar-refractivity contribution < 1.29 is 13.2 Å². The van der Waals surface area contributed by atoms with Crippen LogP contribution in [-0.2, 0) is 14.8 Å². The topological polar surface area (TPSA) is 81.8 Å². The molecule has 2 rings (SSSR count). The SMILES string of the molecule is NS(=O)(=O)C1=CC2N=CCOC2C=C1. The molecule has 1 aliphatic heterocycles. The number of ether oxygens (including phenoxy) is 1. The second-order valence-electron chi connectivity index (χ2n) is 3.09. The van der Waals surface area contributed by atoms with Crippen molar-refractivity contribution in [3.8, 4) is 0 Å². The van der Waals surface area contributed by atoms with Gasteiger partial charge in [0.05, 0.1) is 17.6 Å². The number of aliphatic imine (C=N–C) groups is 1. The van der Waals surface area contributed by atoms with E-state index in [1.54, 1.807) is 12.3 Å². The van der Waals surface area contributed by atoms with Crippen LogP contribution in [0.2, 0.25) is 0 Å². The predicted octanol–water partition coefficient (Wildman–Crippen LogP) is -0.433. The molecule has 0 aromatic heterocycles. The second kappa shape index (κ2) is 3.30. The average Bonchev–Trinajstić information content (AvgIpc) is 2.16. The third-order valence-corrected chi connectivity index (χ3v) is 3.02. The van der Waals surface area contributed by atoms with Crippen molar-refractivity contribution in [3.05, 3.63) is 23.1 Å². The van der Waals surface area contributed by atoms with Crippen molar-refractivity contribution in [3.63, 3.8) is 0 Å². The van der Waals surface area contributed by atoms with Crippen LogP contribution in [0.3, 0.4) is 0 Å². The third-order valence-electron chi connectivity index (χ3n) is 2.09. The fraction of sp³-hybridized carbons (Fsp3) is 0.375. The molecule has 0 fully saturated rings. The molecule has 5 nitrogen and oxygen atoms in total. The Morgan fingerprint density at radius 2 is 2.36 bits per heavy atom. The van der Waals surface area contributed by atoms with Crippen LogP contribution in [0.5, 0.6) is 0 Å². The van der Waals surface area contributed by atoms with E-state index in [9.17, 15) is 8.42 Å². The van der Waals surface area contributed by atoms with Gasteiger partial charge in [0.2, 0.25) is 10.0 Å². The molecule has 2 unspecified atom stereocenters. The first kappa shape index (κ1) is 9.57. The Kier molecular flexibility index (Phi) is 2.26. The highest BCUT2D eigenvalue weighted by Gasteiger charge is 2.25. The monoisotopic (exact) mass is 214 g/mol. The summed E-state index contributed by atoms with van der Waals surface area (Å²) in [7, 11) is -3.63. The molecule has 0 aromatic carbocycles. The summed E-state index contributed by atoms with van der Waals surface area (Å²) in [4.78, 5) is 4.22. The Morgan fingerprint density at radius 3 is 3.07 bits per heavy atom. The van der Waals surface area contributed by atoms with Crippen molar-refractivity contribution in [1.29, 1.82) is 0 Å². The maximum Gasteiger partial charge on any atom is 0.237 e. The fourth-order valence-electron chi connectivity index (χ4n) is 1.41. The summed E-state index contributed by atoms with van der Waals surface area (Å²) in [5.41, 5.74) is 0. The lowest BCUT2D eigenvalue weighted by Crippen LogP contribution is -2.32. The second-order valence-corrected chi connectivity index (χ2v) is 4.65. The van der Waals surface area contributed by atoms with Crippen LogP contribution in [0.15, 0.2) is 28.1 Å². The first-order valence-corrected chi connectivity index (χ1v) is 5.68. The largest absolute Gasteiger partial charge is 0.366 e. The first-order valence-electron chi connectivity index (χ1n) is 4.13. The van der Waals surface area contributed by atoms with E-state index in [2.05, 4.69) is 4.99 Å². The Bertz CT molecular complexity index is 422. The number of hydrogen-bond acceptors (Lipinski definition) is 4. The van der Waals surface area contributed by atoms with Gasteiger partial charge in [-0.25, -0.2) is 13.6 Å². The van der Waals surface area contributed by atoms with Gasteiger partial charge >= 0.3 is 0 Å². The van der Waals surface area contributed by atoms with E-state index in [4.69, 9.17) is 9.88 Å². The van der Waals surface area contributed by atoms with Gasteiger partial charge in [0, 0.05) is 6.21 Å². The van der Waals surface area contributed by atoms with Crippen molar-refractivity contribution in [2.24, 2.45) is 10.1 Å². The minimum Gasteiger partial charge on any atom is -0.366 e. The lowest BCUT2D eigenvalue weighted by Gasteiger charge is -2.25. The predicted molar refractivity (Wildman–Crippen MR) is 52.4 cm³/mol. The van der Waals surface area contributed by atoms with Crippen LogP contribution in [0, 0.1) is 0 Å². The fourth-order valence-corrected chi connectivity index (χ4v) is 2.01. The maximum atomic E-state index is 11.0. The summed E-state index contributed by atoms with van der Waals surface area (Å²) in [6.45, 7) is 0.462. The zero-order valence-corrected chi connectivity index (χ0v) is 8.15. The maximum absolute atomic E-state index is 11.0. The van der Waals surface area contributed by atoms with E-state index in [0.717, 1.165) is 0 Å². The van der Waals surface area contributed by atoms with Crippen LogP contribution in [0.25, 0.3) is 0 Å². The normalized spacial score (nSPS) is 31.1. The number of rotatable bonds is 1. The van der Waals surface area contributed by atoms with Gasteiger partial charge < -0.3 is 4.74 Å². The van der Waals surface area contributed by atoms with Gasteiger partial charge in [-0.2, -0.15) is 0 Å². The van der Waals surface area contributed by atoms with Gasteiger partial charge in [-0.15, -0.1) is 0 Å². The van der Waals surface area contributed by atoms with E-state index in [0.29, 0.717) is 6.61 Å². The number of hydrogen-bond donors (Lipinski definition) is 1. The minimum absolute atomic E-state index is 0.0985. The van der Waals surface area contributed by atoms with Gasteiger partial charge in [-0.3, -0.25) is 4.99 Å². The van der Waals surface area contributed by atoms with Crippen molar-refractivity contribution >= 4 is 16.2 Å².